The number of anilines is 1. The Balaban J connectivity index is 1.02. The number of aromatic nitrogens is 1. The van der Waals surface area contributed by atoms with Crippen molar-refractivity contribution in [3.05, 3.63) is 58.7 Å². The number of thiophene rings is 1. The molecule has 13 heteroatoms. The summed E-state index contributed by atoms with van der Waals surface area (Å²) in [6.45, 7) is 3.34. The highest BCUT2D eigenvalue weighted by Crippen LogP contribution is 2.41. The van der Waals surface area contributed by atoms with Gasteiger partial charge in [0, 0.05) is 66.5 Å². The maximum absolute atomic E-state index is 13.9. The number of pyridine rings is 1. The number of amides is 3. The summed E-state index contributed by atoms with van der Waals surface area (Å²) in [7, 11) is -4.21. The Morgan fingerprint density at radius 1 is 1.05 bits per heavy atom. The van der Waals surface area contributed by atoms with Gasteiger partial charge in [0.25, 0.3) is 5.91 Å². The molecule has 4 aliphatic heterocycles. The summed E-state index contributed by atoms with van der Waals surface area (Å²) in [5, 5.41) is 3.67. The second-order valence-corrected chi connectivity index (χ2v) is 15.2. The number of nitrogens with zero attached hydrogens (tertiary/aromatic N) is 4. The Labute approximate surface area is 259 Å². The van der Waals surface area contributed by atoms with Crippen molar-refractivity contribution < 1.29 is 28.7 Å². The minimum atomic E-state index is -4.21. The number of nitrogens with one attached hydrogen (secondary N) is 1. The highest BCUT2D eigenvalue weighted by atomic mass is 32.1. The highest BCUT2D eigenvalue weighted by molar-refractivity contribution is 7.50. The first-order valence-corrected chi connectivity index (χ1v) is 17.9. The zero-order valence-corrected chi connectivity index (χ0v) is 26.0. The molecule has 0 bridgehead atoms. The van der Waals surface area contributed by atoms with Crippen molar-refractivity contribution in [1.82, 2.24) is 20.1 Å². The minimum absolute atomic E-state index is 0.00328. The van der Waals surface area contributed by atoms with Gasteiger partial charge in [-0.1, -0.05) is 6.07 Å². The van der Waals surface area contributed by atoms with Crippen LogP contribution in [0.1, 0.15) is 65.2 Å². The fourth-order valence-corrected chi connectivity index (χ4v) is 8.75. The number of rotatable bonds is 7. The van der Waals surface area contributed by atoms with Crippen molar-refractivity contribution in [2.24, 2.45) is 0 Å². The number of likely N-dealkylation sites (tertiary alicyclic amines) is 1. The summed E-state index contributed by atoms with van der Waals surface area (Å²) in [4.78, 5) is 70.3. The maximum atomic E-state index is 13.9. The molecule has 7 rings (SSSR count). The van der Waals surface area contributed by atoms with E-state index < -0.39 is 19.7 Å². The Hall–Kier alpha value is -3.31. The first kappa shape index (κ1) is 29.4. The quantitative estimate of drug-likeness (QED) is 0.335. The van der Waals surface area contributed by atoms with Crippen molar-refractivity contribution >= 4 is 52.4 Å². The average molecular weight is 638 g/mol. The van der Waals surface area contributed by atoms with Crippen molar-refractivity contribution in [2.45, 2.75) is 68.7 Å². The lowest BCUT2D eigenvalue weighted by Gasteiger charge is -2.44. The molecule has 4 aliphatic rings. The van der Waals surface area contributed by atoms with Crippen molar-refractivity contribution in [2.75, 3.05) is 31.1 Å². The Morgan fingerprint density at radius 3 is 2.61 bits per heavy atom. The number of fused-ring (bicyclic) bond motifs is 2. The van der Waals surface area contributed by atoms with Crippen LogP contribution in [-0.4, -0.2) is 86.6 Å². The van der Waals surface area contributed by atoms with E-state index >= 15 is 0 Å². The van der Waals surface area contributed by atoms with E-state index in [-0.39, 0.29) is 35.8 Å². The second-order valence-electron chi connectivity index (χ2n) is 12.5. The van der Waals surface area contributed by atoms with Gasteiger partial charge in [0.2, 0.25) is 11.8 Å². The summed E-state index contributed by atoms with van der Waals surface area (Å²) in [6, 6.07) is 7.63. The van der Waals surface area contributed by atoms with Gasteiger partial charge in [0.05, 0.1) is 11.0 Å². The van der Waals surface area contributed by atoms with Crippen molar-refractivity contribution in [3.8, 4) is 0 Å². The average Bonchev–Trinajstić information content (AvgIpc) is 3.51. The number of hydrogen-bond donors (Lipinski definition) is 3. The minimum Gasteiger partial charge on any atom is -0.371 e. The van der Waals surface area contributed by atoms with Crippen molar-refractivity contribution in [1.29, 1.82) is 0 Å². The van der Waals surface area contributed by atoms with E-state index in [1.807, 2.05) is 17.3 Å². The third kappa shape index (κ3) is 5.64. The van der Waals surface area contributed by atoms with E-state index in [0.29, 0.717) is 36.4 Å². The van der Waals surface area contributed by atoms with Gasteiger partial charge < -0.3 is 29.8 Å². The predicted octanol–water partition coefficient (Wildman–Crippen LogP) is 3.45. The molecule has 6 heterocycles. The van der Waals surface area contributed by atoms with Gasteiger partial charge in [-0.3, -0.25) is 23.9 Å². The molecule has 2 aromatic heterocycles. The molecule has 44 heavy (non-hydrogen) atoms. The van der Waals surface area contributed by atoms with E-state index in [1.54, 1.807) is 29.2 Å². The lowest BCUT2D eigenvalue weighted by molar-refractivity contribution is -0.148. The topological polar surface area (TPSA) is 143 Å². The number of carbonyl (C=O) groups excluding carboxylic acids is 3. The zero-order chi connectivity index (χ0) is 30.6. The normalized spacial score (nSPS) is 24.1. The third-order valence-electron chi connectivity index (χ3n) is 9.53. The van der Waals surface area contributed by atoms with Gasteiger partial charge in [-0.2, -0.15) is 0 Å². The van der Waals surface area contributed by atoms with E-state index in [4.69, 9.17) is 0 Å². The molecule has 4 saturated heterocycles. The van der Waals surface area contributed by atoms with E-state index in [0.717, 1.165) is 42.4 Å². The number of benzene rings is 1. The standard InChI is InChI=1S/C31H36N5O6PS/c37-29(28-14-20-13-19(18-43(40,41)42)5-8-27(20)44-28)33-24-4-1-3-22-6-7-26(36(22)30(24)38)31(39)35-16-21(17-35)23-15-32-10-9-25(23)34-11-2-12-34/h5,8-10,13-15,21-22,24,26H,1-4,6-7,11-12,16-18H2,(H,33,37)(H2,40,41,42)/t22-,24-,26-/m0/s1. The Kier molecular flexibility index (Phi) is 7.73. The highest BCUT2D eigenvalue weighted by Gasteiger charge is 2.48. The molecule has 4 fully saturated rings. The summed E-state index contributed by atoms with van der Waals surface area (Å²) in [5.74, 6) is -0.316. The fourth-order valence-electron chi connectivity index (χ4n) is 7.13. The molecule has 0 unspecified atom stereocenters. The van der Waals surface area contributed by atoms with Gasteiger partial charge in [-0.15, -0.1) is 11.3 Å². The molecule has 3 atom stereocenters. The molecule has 0 spiro atoms. The molecule has 3 aromatic rings. The SMILES string of the molecule is O=C(N[C@H]1CCC[C@H]2CC[C@@H](C(=O)N3CC(c4cnccc4N4CCC4)C3)N2C1=O)c1cc2cc(CP(=O)(O)O)ccc2s1. The lowest BCUT2D eigenvalue weighted by Crippen LogP contribution is -2.58. The molecule has 0 aliphatic carbocycles. The van der Waals surface area contributed by atoms with Crippen LogP contribution in [0.4, 0.5) is 5.69 Å². The zero-order valence-electron chi connectivity index (χ0n) is 24.3. The molecule has 1 aromatic carbocycles. The molecule has 11 nitrogen and oxygen atoms in total. The van der Waals surface area contributed by atoms with Crippen LogP contribution in [0.5, 0.6) is 0 Å². The van der Waals surface area contributed by atoms with Gasteiger partial charge >= 0.3 is 7.60 Å². The van der Waals surface area contributed by atoms with Crippen LogP contribution in [0.15, 0.2) is 42.7 Å². The monoisotopic (exact) mass is 637 g/mol. The molecule has 0 saturated carbocycles. The molecule has 232 valence electrons. The third-order valence-corrected chi connectivity index (χ3v) is 11.4. The number of hydrogen-bond acceptors (Lipinski definition) is 7. The van der Waals surface area contributed by atoms with Gasteiger partial charge in [-0.05, 0) is 73.7 Å². The molecular formula is C31H36N5O6PS. The molecular weight excluding hydrogens is 601 g/mol. The number of carbonyl (C=O) groups is 3. The van der Waals surface area contributed by atoms with E-state index in [1.165, 1.54) is 29.0 Å². The van der Waals surface area contributed by atoms with Crippen LogP contribution >= 0.6 is 18.9 Å². The van der Waals surface area contributed by atoms with Crippen LogP contribution < -0.4 is 10.2 Å². The first-order chi connectivity index (χ1) is 21.1. The largest absolute Gasteiger partial charge is 0.371 e. The van der Waals surface area contributed by atoms with E-state index in [2.05, 4.69) is 21.3 Å². The summed E-state index contributed by atoms with van der Waals surface area (Å²) < 4.78 is 12.2. The summed E-state index contributed by atoms with van der Waals surface area (Å²) in [5.41, 5.74) is 2.90. The molecule has 3 N–H and O–H groups in total. The second kappa shape index (κ2) is 11.6. The van der Waals surface area contributed by atoms with Crippen LogP contribution in [0.3, 0.4) is 0 Å². The molecule has 0 radical (unpaired) electrons. The summed E-state index contributed by atoms with van der Waals surface area (Å²) >= 11 is 1.27. The van der Waals surface area contributed by atoms with Crippen LogP contribution in [0.25, 0.3) is 10.1 Å². The van der Waals surface area contributed by atoms with Gasteiger partial charge in [0.1, 0.15) is 12.1 Å². The Bertz CT molecular complexity index is 1660. The van der Waals surface area contributed by atoms with Crippen LogP contribution in [0.2, 0.25) is 0 Å². The molecule has 3 amide bonds. The van der Waals surface area contributed by atoms with Gasteiger partial charge in [-0.25, -0.2) is 0 Å². The predicted molar refractivity (Wildman–Crippen MR) is 167 cm³/mol. The maximum Gasteiger partial charge on any atom is 0.329 e. The fraction of sp³-hybridized carbons (Fsp3) is 0.484. The lowest BCUT2D eigenvalue weighted by atomic mass is 9.89. The van der Waals surface area contributed by atoms with Gasteiger partial charge in [0.15, 0.2) is 0 Å². The summed E-state index contributed by atoms with van der Waals surface area (Å²) in [6.07, 6.45) is 8.10. The van der Waals surface area contributed by atoms with Crippen LogP contribution in [-0.2, 0) is 20.3 Å². The van der Waals surface area contributed by atoms with Crippen molar-refractivity contribution in [3.63, 3.8) is 0 Å². The first-order valence-electron chi connectivity index (χ1n) is 15.3. The smallest absolute Gasteiger partial charge is 0.329 e. The van der Waals surface area contributed by atoms with E-state index in [9.17, 15) is 28.7 Å². The van der Waals surface area contributed by atoms with Crippen LogP contribution in [0, 0.1) is 0 Å². The Morgan fingerprint density at radius 2 is 1.86 bits per heavy atom.